The van der Waals surface area contributed by atoms with E-state index in [0.29, 0.717) is 0 Å². The van der Waals surface area contributed by atoms with Crippen LogP contribution in [0.4, 0.5) is 8.78 Å². The van der Waals surface area contributed by atoms with Gasteiger partial charge in [-0.2, -0.15) is 0 Å². The summed E-state index contributed by atoms with van der Waals surface area (Å²) in [7, 11) is 0. The van der Waals surface area contributed by atoms with Gasteiger partial charge < -0.3 is 5.11 Å². The fourth-order valence-corrected chi connectivity index (χ4v) is 2.66. The first-order valence-electron chi connectivity index (χ1n) is 5.19. The topological polar surface area (TPSA) is 20.2 Å². The van der Waals surface area contributed by atoms with Crippen LogP contribution in [0.25, 0.3) is 0 Å². The van der Waals surface area contributed by atoms with Gasteiger partial charge >= 0.3 is 0 Å². The van der Waals surface area contributed by atoms with Crippen LogP contribution in [-0.4, -0.2) is 5.11 Å². The Morgan fingerprint density at radius 2 is 1.58 bits per heavy atom. The Morgan fingerprint density at radius 3 is 2.16 bits per heavy atom. The Morgan fingerprint density at radius 1 is 1.00 bits per heavy atom. The zero-order valence-electron chi connectivity index (χ0n) is 9.30. The van der Waals surface area contributed by atoms with Crippen molar-refractivity contribution in [3.63, 3.8) is 0 Å². The summed E-state index contributed by atoms with van der Waals surface area (Å²) in [5, 5.41) is 10.4. The molecule has 2 aromatic carbocycles. The van der Waals surface area contributed by atoms with E-state index in [1.54, 1.807) is 6.07 Å². The molecule has 100 valence electrons. The highest BCUT2D eigenvalue weighted by atomic mass is 79.9. The standard InChI is InChI=1S/C13H7BrCl2F2O/c14-6-4-5-9(17)11(12(6)18)13(19)10-7(15)2-1-3-8(10)16/h1-5,13,19H. The summed E-state index contributed by atoms with van der Waals surface area (Å²) in [5.74, 6) is -1.76. The van der Waals surface area contributed by atoms with E-state index in [1.807, 2.05) is 0 Å². The predicted molar refractivity (Wildman–Crippen MR) is 74.6 cm³/mol. The molecule has 0 aromatic heterocycles. The molecule has 0 fully saturated rings. The Bertz CT molecular complexity index is 614. The van der Waals surface area contributed by atoms with Gasteiger partial charge in [0.05, 0.1) is 10.0 Å². The average Bonchev–Trinajstić information content (AvgIpc) is 2.34. The minimum Gasteiger partial charge on any atom is -0.383 e. The maximum absolute atomic E-state index is 13.9. The van der Waals surface area contributed by atoms with E-state index in [1.165, 1.54) is 18.2 Å². The highest BCUT2D eigenvalue weighted by molar-refractivity contribution is 9.10. The van der Waals surface area contributed by atoms with E-state index >= 15 is 0 Å². The van der Waals surface area contributed by atoms with E-state index in [4.69, 9.17) is 23.2 Å². The molecule has 0 saturated carbocycles. The van der Waals surface area contributed by atoms with Crippen LogP contribution in [0.3, 0.4) is 0 Å². The first kappa shape index (κ1) is 14.7. The lowest BCUT2D eigenvalue weighted by atomic mass is 10.0. The summed E-state index contributed by atoms with van der Waals surface area (Å²) in [5.41, 5.74) is -0.425. The van der Waals surface area contributed by atoms with Gasteiger partial charge in [-0.05, 0) is 40.2 Å². The summed E-state index contributed by atoms with van der Waals surface area (Å²) in [6, 6.07) is 6.82. The number of rotatable bonds is 2. The summed E-state index contributed by atoms with van der Waals surface area (Å²) in [6.45, 7) is 0. The summed E-state index contributed by atoms with van der Waals surface area (Å²) in [6.07, 6.45) is -1.58. The van der Waals surface area contributed by atoms with E-state index in [0.717, 1.165) is 6.07 Å². The molecule has 0 saturated heterocycles. The molecule has 0 spiro atoms. The monoisotopic (exact) mass is 366 g/mol. The zero-order chi connectivity index (χ0) is 14.2. The van der Waals surface area contributed by atoms with Gasteiger partial charge in [-0.15, -0.1) is 0 Å². The van der Waals surface area contributed by atoms with Gasteiger partial charge in [0, 0.05) is 15.6 Å². The largest absolute Gasteiger partial charge is 0.383 e. The SMILES string of the molecule is OC(c1c(Cl)cccc1Cl)c1c(F)ccc(Br)c1F. The molecule has 0 aliphatic heterocycles. The lowest BCUT2D eigenvalue weighted by Gasteiger charge is -2.16. The van der Waals surface area contributed by atoms with Crippen molar-refractivity contribution in [1.82, 2.24) is 0 Å². The molecule has 1 unspecified atom stereocenters. The van der Waals surface area contributed by atoms with Crippen molar-refractivity contribution in [1.29, 1.82) is 0 Å². The van der Waals surface area contributed by atoms with Crippen LogP contribution in [0.5, 0.6) is 0 Å². The maximum atomic E-state index is 13.9. The first-order valence-corrected chi connectivity index (χ1v) is 6.73. The van der Waals surface area contributed by atoms with Gasteiger partial charge in [-0.1, -0.05) is 29.3 Å². The molecule has 1 atom stereocenters. The Hall–Kier alpha value is -0.680. The predicted octanol–water partition coefficient (Wildman–Crippen LogP) is 5.12. The fraction of sp³-hybridized carbons (Fsp3) is 0.0769. The molecule has 19 heavy (non-hydrogen) atoms. The van der Waals surface area contributed by atoms with Gasteiger partial charge in [-0.3, -0.25) is 0 Å². The lowest BCUT2D eigenvalue weighted by molar-refractivity contribution is 0.209. The number of halogens is 5. The second kappa shape index (κ2) is 5.75. The first-order chi connectivity index (χ1) is 8.93. The Kier molecular flexibility index (Phi) is 4.46. The third-order valence-corrected chi connectivity index (χ3v) is 3.90. The zero-order valence-corrected chi connectivity index (χ0v) is 12.4. The Labute approximate surface area is 126 Å². The van der Waals surface area contributed by atoms with Crippen molar-refractivity contribution in [3.8, 4) is 0 Å². The molecule has 1 N–H and O–H groups in total. The highest BCUT2D eigenvalue weighted by Gasteiger charge is 2.25. The third kappa shape index (κ3) is 2.77. The molecule has 0 amide bonds. The molecule has 0 bridgehead atoms. The molecule has 0 aliphatic carbocycles. The van der Waals surface area contributed by atoms with Crippen molar-refractivity contribution in [2.24, 2.45) is 0 Å². The summed E-state index contributed by atoms with van der Waals surface area (Å²) >= 11 is 14.8. The van der Waals surface area contributed by atoms with Crippen molar-refractivity contribution < 1.29 is 13.9 Å². The van der Waals surface area contributed by atoms with Crippen molar-refractivity contribution in [2.45, 2.75) is 6.10 Å². The van der Waals surface area contributed by atoms with Crippen LogP contribution < -0.4 is 0 Å². The lowest BCUT2D eigenvalue weighted by Crippen LogP contribution is -2.07. The van der Waals surface area contributed by atoms with E-state index in [-0.39, 0.29) is 20.1 Å². The fourth-order valence-electron chi connectivity index (χ4n) is 1.71. The molecular formula is C13H7BrCl2F2O. The number of hydrogen-bond donors (Lipinski definition) is 1. The number of hydrogen-bond acceptors (Lipinski definition) is 1. The van der Waals surface area contributed by atoms with Crippen molar-refractivity contribution in [2.75, 3.05) is 0 Å². The second-order valence-corrected chi connectivity index (χ2v) is 5.46. The van der Waals surface area contributed by atoms with Gasteiger partial charge in [-0.25, -0.2) is 8.78 Å². The normalized spacial score (nSPS) is 12.5. The molecule has 0 heterocycles. The number of benzene rings is 2. The molecular weight excluding hydrogens is 361 g/mol. The summed E-state index contributed by atoms with van der Waals surface area (Å²) < 4.78 is 27.7. The molecule has 1 nitrogen and oxygen atoms in total. The number of aliphatic hydroxyl groups is 1. The molecule has 0 radical (unpaired) electrons. The van der Waals surface area contributed by atoms with E-state index in [9.17, 15) is 13.9 Å². The van der Waals surface area contributed by atoms with E-state index in [2.05, 4.69) is 15.9 Å². The van der Waals surface area contributed by atoms with Gasteiger partial charge in [0.2, 0.25) is 0 Å². The van der Waals surface area contributed by atoms with Crippen LogP contribution in [-0.2, 0) is 0 Å². The number of aliphatic hydroxyl groups excluding tert-OH is 1. The Balaban J connectivity index is 2.63. The molecule has 6 heteroatoms. The van der Waals surface area contributed by atoms with Gasteiger partial charge in [0.25, 0.3) is 0 Å². The van der Waals surface area contributed by atoms with Crippen LogP contribution in [0.15, 0.2) is 34.8 Å². The summed E-state index contributed by atoms with van der Waals surface area (Å²) in [4.78, 5) is 0. The quantitative estimate of drug-likeness (QED) is 0.730. The van der Waals surface area contributed by atoms with Crippen molar-refractivity contribution in [3.05, 3.63) is 67.6 Å². The van der Waals surface area contributed by atoms with Gasteiger partial charge in [0.1, 0.15) is 17.7 Å². The average molecular weight is 368 g/mol. The molecule has 2 rings (SSSR count). The van der Waals surface area contributed by atoms with Crippen molar-refractivity contribution >= 4 is 39.1 Å². The molecule has 2 aromatic rings. The second-order valence-electron chi connectivity index (χ2n) is 3.79. The highest BCUT2D eigenvalue weighted by Crippen LogP contribution is 2.37. The third-order valence-electron chi connectivity index (χ3n) is 2.63. The van der Waals surface area contributed by atoms with E-state index < -0.39 is 23.3 Å². The maximum Gasteiger partial charge on any atom is 0.146 e. The molecule has 0 aliphatic rings. The van der Waals surface area contributed by atoms with Crippen LogP contribution in [0.2, 0.25) is 10.0 Å². The minimum absolute atomic E-state index is 0.0473. The van der Waals surface area contributed by atoms with Crippen LogP contribution in [0.1, 0.15) is 17.2 Å². The minimum atomic E-state index is -1.58. The van der Waals surface area contributed by atoms with Crippen LogP contribution >= 0.6 is 39.1 Å². The van der Waals surface area contributed by atoms with Crippen LogP contribution in [0, 0.1) is 11.6 Å². The van der Waals surface area contributed by atoms with Gasteiger partial charge in [0.15, 0.2) is 0 Å². The smallest absolute Gasteiger partial charge is 0.146 e.